The molecule has 184 valence electrons. The maximum Gasteiger partial charge on any atom is 0.277 e. The number of methoxy groups -OCH3 is 1. The van der Waals surface area contributed by atoms with E-state index in [1.807, 2.05) is 73.8 Å². The molecule has 7 nitrogen and oxygen atoms in total. The number of anilines is 1. The molecule has 2 amide bonds. The van der Waals surface area contributed by atoms with Crippen LogP contribution in [0.5, 0.6) is 5.75 Å². The van der Waals surface area contributed by atoms with Crippen molar-refractivity contribution < 1.29 is 14.3 Å². The number of aromatic nitrogens is 2. The first-order valence-corrected chi connectivity index (χ1v) is 12.6. The van der Waals surface area contributed by atoms with Crippen molar-refractivity contribution >= 4 is 28.8 Å². The summed E-state index contributed by atoms with van der Waals surface area (Å²) in [5.41, 5.74) is 3.71. The molecule has 1 atom stereocenters. The van der Waals surface area contributed by atoms with Crippen LogP contribution in [-0.2, 0) is 17.9 Å². The third-order valence-corrected chi connectivity index (χ3v) is 7.39. The minimum Gasteiger partial charge on any atom is -0.497 e. The number of fused-ring (bicyclic) bond motifs is 1. The van der Waals surface area contributed by atoms with Gasteiger partial charge in [-0.15, -0.1) is 11.3 Å². The van der Waals surface area contributed by atoms with Crippen LogP contribution in [0.15, 0.2) is 66.0 Å². The summed E-state index contributed by atoms with van der Waals surface area (Å²) >= 11 is 1.57. The number of carbonyl (C=O) groups is 2. The van der Waals surface area contributed by atoms with E-state index in [4.69, 9.17) is 9.84 Å². The Bertz CT molecular complexity index is 1410. The molecule has 0 radical (unpaired) electrons. The molecule has 36 heavy (non-hydrogen) atoms. The van der Waals surface area contributed by atoms with Crippen molar-refractivity contribution in [3.05, 3.63) is 88.4 Å². The quantitative estimate of drug-likeness (QED) is 0.405. The van der Waals surface area contributed by atoms with Crippen LogP contribution >= 0.6 is 11.3 Å². The van der Waals surface area contributed by atoms with Crippen LogP contribution in [0.4, 0.5) is 5.69 Å². The Morgan fingerprint density at radius 3 is 2.47 bits per heavy atom. The third-order valence-electron chi connectivity index (χ3n) is 6.49. The Labute approximate surface area is 214 Å². The highest BCUT2D eigenvalue weighted by Crippen LogP contribution is 2.35. The molecule has 0 spiro atoms. The van der Waals surface area contributed by atoms with E-state index in [0.717, 1.165) is 33.0 Å². The topological polar surface area (TPSA) is 76.5 Å². The number of ether oxygens (including phenoxy) is 1. The second-order valence-electron chi connectivity index (χ2n) is 9.34. The number of thiophene rings is 1. The summed E-state index contributed by atoms with van der Waals surface area (Å²) in [6.07, 6.45) is 0. The zero-order valence-electron chi connectivity index (χ0n) is 20.7. The average molecular weight is 501 g/mol. The van der Waals surface area contributed by atoms with Crippen molar-refractivity contribution in [3.8, 4) is 16.3 Å². The molecule has 3 heterocycles. The zero-order valence-corrected chi connectivity index (χ0v) is 21.6. The minimum absolute atomic E-state index is 0.237. The Kier molecular flexibility index (Phi) is 6.14. The maximum absolute atomic E-state index is 14.0. The van der Waals surface area contributed by atoms with Gasteiger partial charge in [0.2, 0.25) is 5.91 Å². The number of hydrogen-bond acceptors (Lipinski definition) is 5. The summed E-state index contributed by atoms with van der Waals surface area (Å²) < 4.78 is 6.89. The summed E-state index contributed by atoms with van der Waals surface area (Å²) in [5, 5.41) is 9.74. The lowest BCUT2D eigenvalue weighted by Gasteiger charge is -2.43. The number of hydrogen-bond donors (Lipinski definition) is 1. The predicted molar refractivity (Wildman–Crippen MR) is 142 cm³/mol. The van der Waals surface area contributed by atoms with Gasteiger partial charge in [-0.25, -0.2) is 0 Å². The van der Waals surface area contributed by atoms with Gasteiger partial charge >= 0.3 is 0 Å². The summed E-state index contributed by atoms with van der Waals surface area (Å²) in [6.45, 7) is 6.36. The predicted octanol–water partition coefficient (Wildman–Crippen LogP) is 4.97. The molecule has 0 aliphatic carbocycles. The van der Waals surface area contributed by atoms with Crippen molar-refractivity contribution in [2.75, 3.05) is 12.0 Å². The molecular formula is C28H28N4O3S. The van der Waals surface area contributed by atoms with E-state index in [9.17, 15) is 9.59 Å². The van der Waals surface area contributed by atoms with Crippen LogP contribution in [0.3, 0.4) is 0 Å². The number of benzene rings is 2. The van der Waals surface area contributed by atoms with E-state index >= 15 is 0 Å². The van der Waals surface area contributed by atoms with Gasteiger partial charge in [-0.2, -0.15) is 5.10 Å². The Morgan fingerprint density at radius 2 is 1.83 bits per heavy atom. The standard InChI is InChI=1S/C28H28N4O3S/c1-18-12-19(2)14-21(13-18)32-26(33)24-15-23(25-6-5-11-36-25)30-31(24)17-28(32,3)27(34)29-16-20-7-9-22(35-4)10-8-20/h5-15H,16-17H2,1-4H3,(H,29,34). The molecule has 0 saturated heterocycles. The number of aryl methyl sites for hydroxylation is 2. The highest BCUT2D eigenvalue weighted by Gasteiger charge is 2.49. The highest BCUT2D eigenvalue weighted by molar-refractivity contribution is 7.13. The van der Waals surface area contributed by atoms with Gasteiger partial charge in [0.05, 0.1) is 18.5 Å². The van der Waals surface area contributed by atoms with Crippen LogP contribution in [0.2, 0.25) is 0 Å². The molecule has 5 rings (SSSR count). The van der Waals surface area contributed by atoms with E-state index in [2.05, 4.69) is 11.4 Å². The summed E-state index contributed by atoms with van der Waals surface area (Å²) in [7, 11) is 1.62. The SMILES string of the molecule is COc1ccc(CNC(=O)C2(C)Cn3nc(-c4cccs4)cc3C(=O)N2c2cc(C)cc(C)c2)cc1. The van der Waals surface area contributed by atoms with Crippen LogP contribution < -0.4 is 15.0 Å². The molecule has 1 unspecified atom stereocenters. The largest absolute Gasteiger partial charge is 0.497 e. The van der Waals surface area contributed by atoms with E-state index in [1.54, 1.807) is 35.0 Å². The number of nitrogens with zero attached hydrogens (tertiary/aromatic N) is 3. The maximum atomic E-state index is 14.0. The first kappa shape index (κ1) is 23.8. The lowest BCUT2D eigenvalue weighted by molar-refractivity contribution is -0.126. The van der Waals surface area contributed by atoms with Crippen molar-refractivity contribution in [3.63, 3.8) is 0 Å². The number of carbonyl (C=O) groups excluding carboxylic acids is 2. The average Bonchev–Trinajstić information content (AvgIpc) is 3.52. The van der Waals surface area contributed by atoms with Gasteiger partial charge in [0.1, 0.15) is 22.7 Å². The molecule has 1 N–H and O–H groups in total. The molecule has 4 aromatic rings. The molecule has 0 bridgehead atoms. The van der Waals surface area contributed by atoms with Gasteiger partial charge < -0.3 is 10.1 Å². The van der Waals surface area contributed by atoms with E-state index in [1.165, 1.54) is 0 Å². The molecule has 1 aliphatic rings. The summed E-state index contributed by atoms with van der Waals surface area (Å²) in [4.78, 5) is 30.4. The number of amides is 2. The molecular weight excluding hydrogens is 472 g/mol. The fourth-order valence-electron chi connectivity index (χ4n) is 4.73. The van der Waals surface area contributed by atoms with Gasteiger partial charge in [-0.1, -0.05) is 24.3 Å². The smallest absolute Gasteiger partial charge is 0.277 e. The van der Waals surface area contributed by atoms with Crippen molar-refractivity contribution in [2.24, 2.45) is 0 Å². The Balaban J connectivity index is 1.52. The van der Waals surface area contributed by atoms with Crippen LogP contribution in [0.1, 0.15) is 34.1 Å². The van der Waals surface area contributed by atoms with Crippen molar-refractivity contribution in [2.45, 2.75) is 39.4 Å². The first-order chi connectivity index (χ1) is 17.3. The molecule has 2 aromatic heterocycles. The summed E-state index contributed by atoms with van der Waals surface area (Å²) in [5.74, 6) is 0.261. The fraction of sp³-hybridized carbons (Fsp3) is 0.250. The lowest BCUT2D eigenvalue weighted by Crippen LogP contribution is -2.64. The third kappa shape index (κ3) is 4.28. The Morgan fingerprint density at radius 1 is 1.11 bits per heavy atom. The van der Waals surface area contributed by atoms with E-state index in [-0.39, 0.29) is 18.4 Å². The van der Waals surface area contributed by atoms with Crippen molar-refractivity contribution in [1.82, 2.24) is 15.1 Å². The molecule has 2 aromatic carbocycles. The summed E-state index contributed by atoms with van der Waals surface area (Å²) in [6, 6.07) is 19.2. The number of rotatable bonds is 6. The number of nitrogens with one attached hydrogen (secondary N) is 1. The van der Waals surface area contributed by atoms with Gasteiger partial charge in [-0.3, -0.25) is 19.2 Å². The normalized spacial score (nSPS) is 17.1. The van der Waals surface area contributed by atoms with Crippen molar-refractivity contribution in [1.29, 1.82) is 0 Å². The monoisotopic (exact) mass is 500 g/mol. The second kappa shape index (κ2) is 9.28. The highest BCUT2D eigenvalue weighted by atomic mass is 32.1. The van der Waals surface area contributed by atoms with E-state index in [0.29, 0.717) is 17.9 Å². The van der Waals surface area contributed by atoms with E-state index < -0.39 is 5.54 Å². The van der Waals surface area contributed by atoms with Gasteiger partial charge in [-0.05, 0) is 79.2 Å². The zero-order chi connectivity index (χ0) is 25.4. The lowest BCUT2D eigenvalue weighted by atomic mass is 9.93. The molecule has 0 fully saturated rings. The molecule has 0 saturated carbocycles. The van der Waals surface area contributed by atoms with Gasteiger partial charge in [0.25, 0.3) is 5.91 Å². The van der Waals surface area contributed by atoms with Crippen LogP contribution in [0, 0.1) is 13.8 Å². The second-order valence-corrected chi connectivity index (χ2v) is 10.3. The van der Waals surface area contributed by atoms with Gasteiger partial charge in [0, 0.05) is 12.2 Å². The molecule has 1 aliphatic heterocycles. The Hall–Kier alpha value is -3.91. The minimum atomic E-state index is -1.18. The fourth-order valence-corrected chi connectivity index (χ4v) is 5.41. The molecule has 8 heteroatoms. The van der Waals surface area contributed by atoms with Gasteiger partial charge in [0.15, 0.2) is 0 Å². The van der Waals surface area contributed by atoms with Crippen LogP contribution in [-0.4, -0.2) is 34.2 Å². The van der Waals surface area contributed by atoms with Crippen LogP contribution in [0.25, 0.3) is 10.6 Å². The first-order valence-electron chi connectivity index (χ1n) is 11.7.